The Morgan fingerprint density at radius 3 is 2.67 bits per heavy atom. The minimum atomic E-state index is -0.372. The van der Waals surface area contributed by atoms with Gasteiger partial charge in [-0.2, -0.15) is 5.10 Å². The van der Waals surface area contributed by atoms with Gasteiger partial charge in [-0.05, 0) is 39.1 Å². The summed E-state index contributed by atoms with van der Waals surface area (Å²) in [6.45, 7) is 5.65. The summed E-state index contributed by atoms with van der Waals surface area (Å²) in [4.78, 5) is 6.57. The number of aromatic nitrogens is 3. The molecular weight excluding hydrogens is 286 g/mol. The Bertz CT molecular complexity index is 621. The van der Waals surface area contributed by atoms with Crippen molar-refractivity contribution in [2.75, 3.05) is 20.6 Å². The molecule has 1 atom stereocenters. The molecule has 2 aromatic heterocycles. The highest BCUT2D eigenvalue weighted by molar-refractivity contribution is 6.31. The third kappa shape index (κ3) is 3.61. The Labute approximate surface area is 130 Å². The van der Waals surface area contributed by atoms with E-state index in [1.54, 1.807) is 6.20 Å². The third-order valence-electron chi connectivity index (χ3n) is 3.44. The normalized spacial score (nSPS) is 12.9. The first-order valence-corrected chi connectivity index (χ1v) is 7.32. The number of hydrogen-bond donors (Lipinski definition) is 1. The first kappa shape index (κ1) is 15.9. The molecule has 0 saturated heterocycles. The average Bonchev–Trinajstić information content (AvgIpc) is 2.77. The molecule has 0 bridgehead atoms. The third-order valence-corrected chi connectivity index (χ3v) is 3.73. The van der Waals surface area contributed by atoms with Crippen molar-refractivity contribution in [3.05, 3.63) is 46.0 Å². The first-order valence-electron chi connectivity index (χ1n) is 6.94. The molecular formula is C15H22ClN5. The molecule has 2 rings (SSSR count). The lowest BCUT2D eigenvalue weighted by Crippen LogP contribution is -2.24. The van der Waals surface area contributed by atoms with Gasteiger partial charge in [0.05, 0.1) is 35.2 Å². The van der Waals surface area contributed by atoms with Crippen LogP contribution in [0.15, 0.2) is 18.5 Å². The molecule has 21 heavy (non-hydrogen) atoms. The average molecular weight is 308 g/mol. The summed E-state index contributed by atoms with van der Waals surface area (Å²) in [6.07, 6.45) is 3.48. The van der Waals surface area contributed by atoms with Gasteiger partial charge in [0.2, 0.25) is 0 Å². The minimum Gasteiger partial charge on any atom is -0.318 e. The molecule has 1 unspecified atom stereocenters. The lowest BCUT2D eigenvalue weighted by Gasteiger charge is -2.18. The molecule has 0 aliphatic carbocycles. The van der Waals surface area contributed by atoms with Crippen molar-refractivity contribution in [3.63, 3.8) is 0 Å². The predicted molar refractivity (Wildman–Crippen MR) is 85.5 cm³/mol. The van der Waals surface area contributed by atoms with Crippen LogP contribution in [-0.4, -0.2) is 40.3 Å². The van der Waals surface area contributed by atoms with Crippen molar-refractivity contribution in [2.24, 2.45) is 5.73 Å². The largest absolute Gasteiger partial charge is 0.318 e. The topological polar surface area (TPSA) is 60.0 Å². The van der Waals surface area contributed by atoms with Crippen molar-refractivity contribution in [3.8, 4) is 0 Å². The van der Waals surface area contributed by atoms with Crippen LogP contribution in [0.2, 0.25) is 5.02 Å². The maximum Gasteiger partial charge on any atom is 0.0914 e. The molecule has 2 heterocycles. The molecule has 0 radical (unpaired) electrons. The summed E-state index contributed by atoms with van der Waals surface area (Å²) < 4.78 is 1.87. The number of pyridine rings is 1. The molecule has 114 valence electrons. The van der Waals surface area contributed by atoms with Crippen LogP contribution in [0.25, 0.3) is 0 Å². The smallest absolute Gasteiger partial charge is 0.0914 e. The number of nitrogens with two attached hydrogens (primary N) is 1. The van der Waals surface area contributed by atoms with Gasteiger partial charge >= 0.3 is 0 Å². The maximum absolute atomic E-state index is 6.40. The number of hydrogen-bond acceptors (Lipinski definition) is 4. The lowest BCUT2D eigenvalue weighted by atomic mass is 10.0. The van der Waals surface area contributed by atoms with Crippen LogP contribution < -0.4 is 5.73 Å². The van der Waals surface area contributed by atoms with Crippen LogP contribution in [-0.2, 0) is 6.54 Å². The molecule has 0 fully saturated rings. The van der Waals surface area contributed by atoms with Crippen molar-refractivity contribution in [1.82, 2.24) is 19.7 Å². The van der Waals surface area contributed by atoms with Gasteiger partial charge in [-0.1, -0.05) is 17.7 Å². The van der Waals surface area contributed by atoms with E-state index in [9.17, 15) is 0 Å². The van der Waals surface area contributed by atoms with E-state index in [1.807, 2.05) is 38.8 Å². The zero-order chi connectivity index (χ0) is 15.6. The monoisotopic (exact) mass is 307 g/mol. The number of halogens is 1. The molecule has 0 spiro atoms. The number of rotatable bonds is 5. The SMILES string of the molecule is Cc1cnc(C(N)c2c(Cl)cnn2CCN(C)C)c(C)c1. The van der Waals surface area contributed by atoms with Gasteiger partial charge in [0.1, 0.15) is 0 Å². The van der Waals surface area contributed by atoms with Gasteiger partial charge in [-0.25, -0.2) is 0 Å². The summed E-state index contributed by atoms with van der Waals surface area (Å²) in [5, 5.41) is 4.92. The van der Waals surface area contributed by atoms with Gasteiger partial charge in [0.15, 0.2) is 0 Å². The Hall–Kier alpha value is -1.43. The summed E-state index contributed by atoms with van der Waals surface area (Å²) in [7, 11) is 4.05. The van der Waals surface area contributed by atoms with Crippen molar-refractivity contribution in [2.45, 2.75) is 26.4 Å². The van der Waals surface area contributed by atoms with E-state index < -0.39 is 0 Å². The van der Waals surface area contributed by atoms with Gasteiger partial charge in [0, 0.05) is 12.7 Å². The quantitative estimate of drug-likeness (QED) is 0.919. The van der Waals surface area contributed by atoms with E-state index in [2.05, 4.69) is 21.0 Å². The summed E-state index contributed by atoms with van der Waals surface area (Å²) in [5.41, 5.74) is 10.2. The first-order chi connectivity index (χ1) is 9.90. The summed E-state index contributed by atoms with van der Waals surface area (Å²) >= 11 is 6.28. The Morgan fingerprint density at radius 2 is 2.05 bits per heavy atom. The Kier molecular flexibility index (Phi) is 4.98. The van der Waals surface area contributed by atoms with E-state index in [0.717, 1.165) is 35.6 Å². The van der Waals surface area contributed by atoms with Crippen molar-refractivity contribution >= 4 is 11.6 Å². The second kappa shape index (κ2) is 6.56. The van der Waals surface area contributed by atoms with Crippen LogP contribution >= 0.6 is 11.6 Å². The molecule has 0 amide bonds. The Balaban J connectivity index is 2.34. The van der Waals surface area contributed by atoms with Gasteiger partial charge in [0.25, 0.3) is 0 Å². The highest BCUT2D eigenvalue weighted by atomic mass is 35.5. The zero-order valence-corrected chi connectivity index (χ0v) is 13.7. The van der Waals surface area contributed by atoms with Crippen molar-refractivity contribution in [1.29, 1.82) is 0 Å². The molecule has 0 aliphatic rings. The van der Waals surface area contributed by atoms with Gasteiger partial charge in [-0.3, -0.25) is 9.67 Å². The van der Waals surface area contributed by atoms with Crippen LogP contribution in [0.4, 0.5) is 0 Å². The highest BCUT2D eigenvalue weighted by Gasteiger charge is 2.21. The second-order valence-electron chi connectivity index (χ2n) is 5.60. The molecule has 0 saturated carbocycles. The molecule has 2 N–H and O–H groups in total. The van der Waals surface area contributed by atoms with Gasteiger partial charge in [-0.15, -0.1) is 0 Å². The molecule has 2 aromatic rings. The lowest BCUT2D eigenvalue weighted by molar-refractivity contribution is 0.368. The second-order valence-corrected chi connectivity index (χ2v) is 6.00. The number of likely N-dealkylation sites (N-methyl/N-ethyl adjacent to an activating group) is 1. The van der Waals surface area contributed by atoms with E-state index in [1.165, 1.54) is 0 Å². The van der Waals surface area contributed by atoms with E-state index in [0.29, 0.717) is 5.02 Å². The summed E-state index contributed by atoms with van der Waals surface area (Å²) in [5.74, 6) is 0. The maximum atomic E-state index is 6.40. The fourth-order valence-electron chi connectivity index (χ4n) is 2.33. The highest BCUT2D eigenvalue weighted by Crippen LogP contribution is 2.27. The molecule has 6 heteroatoms. The van der Waals surface area contributed by atoms with E-state index in [4.69, 9.17) is 17.3 Å². The van der Waals surface area contributed by atoms with Gasteiger partial charge < -0.3 is 10.6 Å². The molecule has 0 aliphatic heterocycles. The fraction of sp³-hybridized carbons (Fsp3) is 0.467. The molecule has 5 nitrogen and oxygen atoms in total. The van der Waals surface area contributed by atoms with Crippen LogP contribution in [0.1, 0.15) is 28.6 Å². The fourth-order valence-corrected chi connectivity index (χ4v) is 2.59. The zero-order valence-electron chi connectivity index (χ0n) is 13.0. The van der Waals surface area contributed by atoms with Crippen LogP contribution in [0, 0.1) is 13.8 Å². The predicted octanol–water partition coefficient (Wildman–Crippen LogP) is 2.16. The molecule has 0 aromatic carbocycles. The summed E-state index contributed by atoms with van der Waals surface area (Å²) in [6, 6.07) is 1.71. The Morgan fingerprint density at radius 1 is 1.33 bits per heavy atom. The van der Waals surface area contributed by atoms with E-state index >= 15 is 0 Å². The number of nitrogens with zero attached hydrogens (tertiary/aromatic N) is 4. The minimum absolute atomic E-state index is 0.372. The standard InChI is InChI=1S/C15H22ClN5/c1-10-7-11(2)14(18-8-10)13(17)15-12(16)9-19-21(15)6-5-20(3)4/h7-9,13H,5-6,17H2,1-4H3. The van der Waals surface area contributed by atoms with E-state index in [-0.39, 0.29) is 6.04 Å². The van der Waals surface area contributed by atoms with Crippen LogP contribution in [0.3, 0.4) is 0 Å². The van der Waals surface area contributed by atoms with Crippen molar-refractivity contribution < 1.29 is 0 Å². The number of aryl methyl sites for hydroxylation is 2. The van der Waals surface area contributed by atoms with Crippen LogP contribution in [0.5, 0.6) is 0 Å².